The smallest absolute Gasteiger partial charge is 0.166 e. The maximum Gasteiger partial charge on any atom is 0.166 e. The summed E-state index contributed by atoms with van der Waals surface area (Å²) in [4.78, 5) is 21.4. The van der Waals surface area contributed by atoms with E-state index in [1.54, 1.807) is 24.5 Å². The molecule has 3 heterocycles. The van der Waals surface area contributed by atoms with Crippen LogP contribution in [0.3, 0.4) is 0 Å². The summed E-state index contributed by atoms with van der Waals surface area (Å²) in [5, 5.41) is 10.8. The molecule has 2 aliphatic rings. The summed E-state index contributed by atoms with van der Waals surface area (Å²) in [5.74, 6) is -0.223. The van der Waals surface area contributed by atoms with Gasteiger partial charge >= 0.3 is 0 Å². The maximum absolute atomic E-state index is 13.1. The number of piperidine rings is 2. The van der Waals surface area contributed by atoms with Crippen LogP contribution in [-0.4, -0.2) is 64.0 Å². The second-order valence-electron chi connectivity index (χ2n) is 8.20. The summed E-state index contributed by atoms with van der Waals surface area (Å²) in [6, 6.07) is 10.0. The van der Waals surface area contributed by atoms with Crippen molar-refractivity contribution in [2.75, 3.05) is 26.2 Å². The zero-order valence-electron chi connectivity index (χ0n) is 16.6. The molecule has 2 aromatic rings. The van der Waals surface area contributed by atoms with Crippen LogP contribution in [0, 0.1) is 11.7 Å². The van der Waals surface area contributed by atoms with Gasteiger partial charge in [-0.1, -0.05) is 0 Å². The first kappa shape index (κ1) is 20.1. The summed E-state index contributed by atoms with van der Waals surface area (Å²) >= 11 is 0. The minimum Gasteiger partial charge on any atom is -0.390 e. The molecular formula is C23H28FN3O2. The highest BCUT2D eigenvalue weighted by Gasteiger charge is 2.35. The lowest BCUT2D eigenvalue weighted by Gasteiger charge is -2.44. The van der Waals surface area contributed by atoms with Crippen molar-refractivity contribution in [3.05, 3.63) is 65.7 Å². The fourth-order valence-electron chi connectivity index (χ4n) is 4.64. The van der Waals surface area contributed by atoms with Gasteiger partial charge < -0.3 is 5.11 Å². The Hall–Kier alpha value is -2.15. The van der Waals surface area contributed by atoms with Crippen LogP contribution >= 0.6 is 0 Å². The number of ketones is 1. The Kier molecular flexibility index (Phi) is 6.33. The quantitative estimate of drug-likeness (QED) is 0.787. The summed E-state index contributed by atoms with van der Waals surface area (Å²) in [7, 11) is 0. The van der Waals surface area contributed by atoms with Gasteiger partial charge in [0.1, 0.15) is 5.82 Å². The zero-order valence-corrected chi connectivity index (χ0v) is 16.6. The van der Waals surface area contributed by atoms with E-state index in [1.165, 1.54) is 17.7 Å². The van der Waals surface area contributed by atoms with Gasteiger partial charge in [-0.2, -0.15) is 0 Å². The van der Waals surface area contributed by atoms with Crippen LogP contribution in [0.15, 0.2) is 48.8 Å². The Morgan fingerprint density at radius 2 is 1.72 bits per heavy atom. The number of pyridine rings is 1. The predicted molar refractivity (Wildman–Crippen MR) is 109 cm³/mol. The number of aliphatic hydroxyl groups excluding tert-OH is 1. The molecule has 2 fully saturated rings. The van der Waals surface area contributed by atoms with E-state index in [1.807, 2.05) is 12.1 Å². The average molecular weight is 397 g/mol. The average Bonchev–Trinajstić information content (AvgIpc) is 2.75. The third-order valence-electron chi connectivity index (χ3n) is 6.28. The summed E-state index contributed by atoms with van der Waals surface area (Å²) in [6.07, 6.45) is 5.74. The molecule has 6 heteroatoms. The largest absolute Gasteiger partial charge is 0.390 e. The molecule has 0 bridgehead atoms. The van der Waals surface area contributed by atoms with Crippen molar-refractivity contribution in [2.24, 2.45) is 5.92 Å². The van der Waals surface area contributed by atoms with Crippen molar-refractivity contribution in [1.29, 1.82) is 0 Å². The number of hydrogen-bond donors (Lipinski definition) is 1. The number of Topliss-reactive ketones (excluding diaryl/α,β-unsaturated/α-hetero) is 1. The molecule has 154 valence electrons. The molecule has 0 aliphatic carbocycles. The molecule has 4 rings (SSSR count). The number of carbonyl (C=O) groups excluding carboxylic acids is 1. The van der Waals surface area contributed by atoms with Crippen molar-refractivity contribution in [1.82, 2.24) is 14.8 Å². The van der Waals surface area contributed by atoms with Gasteiger partial charge in [0.25, 0.3) is 0 Å². The molecule has 0 spiro atoms. The maximum atomic E-state index is 13.1. The molecule has 2 atom stereocenters. The topological polar surface area (TPSA) is 56.7 Å². The molecule has 5 nitrogen and oxygen atoms in total. The number of β-amino-alcohol motifs (C(OH)–C–C–N with tert-alkyl or cyclic N) is 1. The first-order valence-electron chi connectivity index (χ1n) is 10.4. The van der Waals surface area contributed by atoms with E-state index in [-0.39, 0.29) is 29.7 Å². The zero-order chi connectivity index (χ0) is 20.2. The number of likely N-dealkylation sites (tertiary alicyclic amines) is 2. The first-order chi connectivity index (χ1) is 14.1. The van der Waals surface area contributed by atoms with Gasteiger partial charge in [0.2, 0.25) is 0 Å². The molecule has 1 N–H and O–H groups in total. The lowest BCUT2D eigenvalue weighted by atomic mass is 9.87. The van der Waals surface area contributed by atoms with Crippen LogP contribution < -0.4 is 0 Å². The van der Waals surface area contributed by atoms with E-state index >= 15 is 0 Å². The van der Waals surface area contributed by atoms with Crippen LogP contribution in [0.25, 0.3) is 0 Å². The van der Waals surface area contributed by atoms with Crippen LogP contribution in [0.2, 0.25) is 0 Å². The molecule has 0 amide bonds. The van der Waals surface area contributed by atoms with E-state index in [0.717, 1.165) is 45.4 Å². The van der Waals surface area contributed by atoms with Crippen molar-refractivity contribution < 1.29 is 14.3 Å². The third-order valence-corrected chi connectivity index (χ3v) is 6.28. The normalized spacial score (nSPS) is 24.5. The Morgan fingerprint density at radius 1 is 1.03 bits per heavy atom. The lowest BCUT2D eigenvalue weighted by Crippen LogP contribution is -2.55. The number of rotatable bonds is 5. The number of nitrogens with zero attached hydrogens (tertiary/aromatic N) is 3. The van der Waals surface area contributed by atoms with Crippen molar-refractivity contribution in [2.45, 2.75) is 38.0 Å². The summed E-state index contributed by atoms with van der Waals surface area (Å²) < 4.78 is 13.1. The lowest BCUT2D eigenvalue weighted by molar-refractivity contribution is -0.0251. The predicted octanol–water partition coefficient (Wildman–Crippen LogP) is 2.75. The van der Waals surface area contributed by atoms with Crippen LogP contribution in [0.5, 0.6) is 0 Å². The van der Waals surface area contributed by atoms with Gasteiger partial charge in [0.15, 0.2) is 5.78 Å². The molecule has 2 unspecified atom stereocenters. The molecular weight excluding hydrogens is 369 g/mol. The van der Waals surface area contributed by atoms with Crippen LogP contribution in [0.4, 0.5) is 4.39 Å². The highest BCUT2D eigenvalue weighted by molar-refractivity contribution is 5.97. The Bertz CT molecular complexity index is 807. The van der Waals surface area contributed by atoms with E-state index < -0.39 is 0 Å². The van der Waals surface area contributed by atoms with E-state index in [9.17, 15) is 14.3 Å². The summed E-state index contributed by atoms with van der Waals surface area (Å²) in [6.45, 7) is 4.10. The Morgan fingerprint density at radius 3 is 2.38 bits per heavy atom. The third kappa shape index (κ3) is 4.89. The Labute approximate surface area is 171 Å². The molecule has 1 aromatic heterocycles. The van der Waals surface area contributed by atoms with Crippen molar-refractivity contribution in [3.8, 4) is 0 Å². The second-order valence-corrected chi connectivity index (χ2v) is 8.20. The van der Waals surface area contributed by atoms with Gasteiger partial charge in [-0.25, -0.2) is 4.39 Å². The van der Waals surface area contributed by atoms with Gasteiger partial charge in [-0.15, -0.1) is 0 Å². The van der Waals surface area contributed by atoms with E-state index in [2.05, 4.69) is 14.8 Å². The second kappa shape index (κ2) is 9.11. The SMILES string of the molecule is O=C(c1ccc(F)cc1)C1CCN(C2CCN(Cc3ccncc3)CC2O)CC1. The highest BCUT2D eigenvalue weighted by Crippen LogP contribution is 2.27. The van der Waals surface area contributed by atoms with E-state index in [0.29, 0.717) is 12.1 Å². The monoisotopic (exact) mass is 397 g/mol. The fourth-order valence-corrected chi connectivity index (χ4v) is 4.64. The highest BCUT2D eigenvalue weighted by atomic mass is 19.1. The van der Waals surface area contributed by atoms with Gasteiger partial charge in [0, 0.05) is 49.6 Å². The molecule has 1 aromatic carbocycles. The Balaban J connectivity index is 1.28. The molecule has 0 radical (unpaired) electrons. The first-order valence-corrected chi connectivity index (χ1v) is 10.4. The van der Waals surface area contributed by atoms with Crippen molar-refractivity contribution in [3.63, 3.8) is 0 Å². The van der Waals surface area contributed by atoms with Gasteiger partial charge in [-0.05, 0) is 74.3 Å². The minimum absolute atomic E-state index is 0.0133. The standard InChI is InChI=1S/C23H28FN3O2/c24-20-3-1-18(2-4-20)23(29)19-7-13-27(14-8-19)21-9-12-26(16-22(21)28)15-17-5-10-25-11-6-17/h1-6,10-11,19,21-22,28H,7-9,12-16H2. The molecule has 29 heavy (non-hydrogen) atoms. The number of aromatic nitrogens is 1. The molecule has 0 saturated carbocycles. The molecule has 2 saturated heterocycles. The van der Waals surface area contributed by atoms with Gasteiger partial charge in [0.05, 0.1) is 6.10 Å². The number of aliphatic hydroxyl groups is 1. The van der Waals surface area contributed by atoms with Crippen LogP contribution in [0.1, 0.15) is 35.2 Å². The number of hydrogen-bond acceptors (Lipinski definition) is 5. The van der Waals surface area contributed by atoms with Gasteiger partial charge in [-0.3, -0.25) is 19.6 Å². The summed E-state index contributed by atoms with van der Waals surface area (Å²) in [5.41, 5.74) is 1.81. The molecule has 2 aliphatic heterocycles. The fraction of sp³-hybridized carbons (Fsp3) is 0.478. The minimum atomic E-state index is -0.380. The number of carbonyl (C=O) groups is 1. The number of halogens is 1. The van der Waals surface area contributed by atoms with Crippen LogP contribution in [-0.2, 0) is 6.54 Å². The van der Waals surface area contributed by atoms with Crippen molar-refractivity contribution >= 4 is 5.78 Å². The number of benzene rings is 1. The van der Waals surface area contributed by atoms with E-state index in [4.69, 9.17) is 0 Å².